The standard InChI is InChI=1S/C22H24ClNO5/c1-4-5-6-11-24-19(17-9-7-13(2)29-17)18(21(26)22(24)27)20(25)14-8-10-16(28-3)15(23)12-14/h7-10,12,19,25H,4-6,11H2,1-3H3/b20-18-. The summed E-state index contributed by atoms with van der Waals surface area (Å²) in [6.45, 7) is 4.26. The molecule has 1 N–H and O–H groups in total. The van der Waals surface area contributed by atoms with E-state index >= 15 is 0 Å². The molecule has 1 atom stereocenters. The molecule has 1 aliphatic rings. The number of ketones is 1. The molecular weight excluding hydrogens is 394 g/mol. The summed E-state index contributed by atoms with van der Waals surface area (Å²) in [7, 11) is 1.49. The van der Waals surface area contributed by atoms with Crippen molar-refractivity contribution in [3.63, 3.8) is 0 Å². The first-order chi connectivity index (χ1) is 13.9. The molecule has 0 aliphatic carbocycles. The van der Waals surface area contributed by atoms with Gasteiger partial charge in [0.25, 0.3) is 11.7 Å². The fourth-order valence-electron chi connectivity index (χ4n) is 3.51. The van der Waals surface area contributed by atoms with Crippen molar-refractivity contribution in [3.05, 3.63) is 58.0 Å². The zero-order valence-corrected chi connectivity index (χ0v) is 17.5. The number of unbranched alkanes of at least 4 members (excludes halogenated alkanes) is 2. The van der Waals surface area contributed by atoms with Crippen LogP contribution in [0.2, 0.25) is 5.02 Å². The Morgan fingerprint density at radius 2 is 2.00 bits per heavy atom. The van der Waals surface area contributed by atoms with Gasteiger partial charge >= 0.3 is 0 Å². The second-order valence-corrected chi connectivity index (χ2v) is 7.40. The molecule has 7 heteroatoms. The number of likely N-dealkylation sites (tertiary alicyclic amines) is 1. The molecule has 2 aromatic rings. The first-order valence-corrected chi connectivity index (χ1v) is 9.95. The van der Waals surface area contributed by atoms with E-state index in [0.717, 1.165) is 19.3 Å². The van der Waals surface area contributed by atoms with E-state index in [9.17, 15) is 14.7 Å². The number of ether oxygens (including phenoxy) is 1. The van der Waals surface area contributed by atoms with Gasteiger partial charge in [-0.05, 0) is 43.7 Å². The van der Waals surface area contributed by atoms with Gasteiger partial charge in [0.05, 0.1) is 17.7 Å². The molecular formula is C22H24ClNO5. The monoisotopic (exact) mass is 417 g/mol. The van der Waals surface area contributed by atoms with Gasteiger partial charge in [-0.3, -0.25) is 9.59 Å². The van der Waals surface area contributed by atoms with Gasteiger partial charge < -0.3 is 19.2 Å². The number of aryl methyl sites for hydroxylation is 1. The van der Waals surface area contributed by atoms with Crippen LogP contribution in [0.5, 0.6) is 5.75 Å². The number of halogens is 1. The van der Waals surface area contributed by atoms with E-state index in [4.69, 9.17) is 20.8 Å². The Hall–Kier alpha value is -2.73. The Balaban J connectivity index is 2.10. The molecule has 0 spiro atoms. The van der Waals surface area contributed by atoms with Crippen LogP contribution in [0, 0.1) is 6.92 Å². The van der Waals surface area contributed by atoms with E-state index in [-0.39, 0.29) is 11.3 Å². The lowest BCUT2D eigenvalue weighted by Crippen LogP contribution is -2.30. The summed E-state index contributed by atoms with van der Waals surface area (Å²) < 4.78 is 10.9. The Morgan fingerprint density at radius 1 is 1.24 bits per heavy atom. The fraction of sp³-hybridized carbons (Fsp3) is 0.364. The molecule has 154 valence electrons. The molecule has 1 saturated heterocycles. The zero-order valence-electron chi connectivity index (χ0n) is 16.7. The normalized spacial score (nSPS) is 18.5. The molecule has 1 unspecified atom stereocenters. The topological polar surface area (TPSA) is 80.0 Å². The number of aliphatic hydroxyl groups excluding tert-OH is 1. The molecule has 0 bridgehead atoms. The van der Waals surface area contributed by atoms with Gasteiger partial charge in [-0.2, -0.15) is 0 Å². The summed E-state index contributed by atoms with van der Waals surface area (Å²) >= 11 is 6.18. The number of hydrogen-bond acceptors (Lipinski definition) is 5. The van der Waals surface area contributed by atoms with E-state index in [2.05, 4.69) is 6.92 Å². The van der Waals surface area contributed by atoms with Crippen molar-refractivity contribution in [3.8, 4) is 5.75 Å². The number of hydrogen-bond donors (Lipinski definition) is 1. The lowest BCUT2D eigenvalue weighted by Gasteiger charge is -2.23. The van der Waals surface area contributed by atoms with Crippen LogP contribution in [-0.4, -0.2) is 35.4 Å². The third-order valence-electron chi connectivity index (χ3n) is 5.00. The van der Waals surface area contributed by atoms with Crippen LogP contribution >= 0.6 is 11.6 Å². The lowest BCUT2D eigenvalue weighted by molar-refractivity contribution is -0.140. The number of furan rings is 1. The minimum absolute atomic E-state index is 0.00193. The predicted molar refractivity (Wildman–Crippen MR) is 110 cm³/mol. The quantitative estimate of drug-likeness (QED) is 0.301. The van der Waals surface area contributed by atoms with Gasteiger partial charge in [-0.1, -0.05) is 31.4 Å². The van der Waals surface area contributed by atoms with Crippen LogP contribution < -0.4 is 4.74 Å². The maximum Gasteiger partial charge on any atom is 0.295 e. The van der Waals surface area contributed by atoms with Crippen molar-refractivity contribution in [1.82, 2.24) is 4.90 Å². The third kappa shape index (κ3) is 4.03. The fourth-order valence-corrected chi connectivity index (χ4v) is 3.77. The molecule has 0 radical (unpaired) electrons. The first kappa shape index (κ1) is 21.0. The largest absolute Gasteiger partial charge is 0.507 e. The second-order valence-electron chi connectivity index (χ2n) is 7.00. The van der Waals surface area contributed by atoms with Gasteiger partial charge in [0.2, 0.25) is 0 Å². The Kier molecular flexibility index (Phi) is 6.33. The van der Waals surface area contributed by atoms with Crippen LogP contribution in [0.15, 0.2) is 40.3 Å². The summed E-state index contributed by atoms with van der Waals surface area (Å²) in [5.41, 5.74) is 0.331. The van der Waals surface area contributed by atoms with E-state index in [1.54, 1.807) is 31.2 Å². The van der Waals surface area contributed by atoms with Crippen LogP contribution in [-0.2, 0) is 9.59 Å². The number of benzene rings is 1. The number of nitrogens with zero attached hydrogens (tertiary/aromatic N) is 1. The molecule has 6 nitrogen and oxygen atoms in total. The van der Waals surface area contributed by atoms with Crippen molar-refractivity contribution in [2.75, 3.05) is 13.7 Å². The van der Waals surface area contributed by atoms with Gasteiger partial charge in [-0.25, -0.2) is 0 Å². The maximum absolute atomic E-state index is 12.9. The predicted octanol–water partition coefficient (Wildman–Crippen LogP) is 4.86. The minimum atomic E-state index is -0.776. The first-order valence-electron chi connectivity index (χ1n) is 9.57. The highest BCUT2D eigenvalue weighted by Crippen LogP contribution is 2.41. The molecule has 2 heterocycles. The number of rotatable bonds is 7. The Labute approximate surface area is 174 Å². The van der Waals surface area contributed by atoms with Gasteiger partial charge in [0.1, 0.15) is 29.1 Å². The Morgan fingerprint density at radius 3 is 2.59 bits per heavy atom. The van der Waals surface area contributed by atoms with E-state index in [1.807, 2.05) is 0 Å². The molecule has 1 aromatic carbocycles. The molecule has 1 amide bonds. The van der Waals surface area contributed by atoms with Crippen molar-refractivity contribution < 1.29 is 23.8 Å². The highest BCUT2D eigenvalue weighted by molar-refractivity contribution is 6.46. The summed E-state index contributed by atoms with van der Waals surface area (Å²) in [6.07, 6.45) is 2.67. The molecule has 1 aromatic heterocycles. The van der Waals surface area contributed by atoms with Crippen molar-refractivity contribution >= 4 is 29.1 Å². The third-order valence-corrected chi connectivity index (χ3v) is 5.29. The Bertz CT molecular complexity index is 962. The molecule has 1 aliphatic heterocycles. The highest BCUT2D eigenvalue weighted by atomic mass is 35.5. The number of methoxy groups -OCH3 is 1. The minimum Gasteiger partial charge on any atom is -0.507 e. The average Bonchev–Trinajstić information content (AvgIpc) is 3.23. The smallest absolute Gasteiger partial charge is 0.295 e. The van der Waals surface area contributed by atoms with Crippen LogP contribution in [0.1, 0.15) is 49.3 Å². The summed E-state index contributed by atoms with van der Waals surface area (Å²) in [6, 6.07) is 7.42. The number of carbonyl (C=O) groups is 2. The van der Waals surface area contributed by atoms with Gasteiger partial charge in [0, 0.05) is 12.1 Å². The van der Waals surface area contributed by atoms with Gasteiger partial charge in [0.15, 0.2) is 0 Å². The summed E-state index contributed by atoms with van der Waals surface area (Å²) in [5, 5.41) is 11.3. The molecule has 1 fully saturated rings. The van der Waals surface area contributed by atoms with E-state index < -0.39 is 17.7 Å². The number of Topliss-reactive ketones (excluding diaryl/α,β-unsaturated/α-hetero) is 1. The van der Waals surface area contributed by atoms with E-state index in [1.165, 1.54) is 18.1 Å². The van der Waals surface area contributed by atoms with Crippen molar-refractivity contribution in [1.29, 1.82) is 0 Å². The highest BCUT2D eigenvalue weighted by Gasteiger charge is 2.47. The second kappa shape index (κ2) is 8.74. The lowest BCUT2D eigenvalue weighted by atomic mass is 9.99. The maximum atomic E-state index is 12.9. The van der Waals surface area contributed by atoms with Crippen LogP contribution in [0.3, 0.4) is 0 Å². The molecule has 0 saturated carbocycles. The SMILES string of the molecule is CCCCCN1C(=O)C(=O)/C(=C(\O)c2ccc(OC)c(Cl)c2)C1c1ccc(C)o1. The van der Waals surface area contributed by atoms with E-state index in [0.29, 0.717) is 34.4 Å². The number of aliphatic hydroxyl groups is 1. The zero-order chi connectivity index (χ0) is 21.1. The van der Waals surface area contributed by atoms with Crippen LogP contribution in [0.25, 0.3) is 5.76 Å². The van der Waals surface area contributed by atoms with Crippen LogP contribution in [0.4, 0.5) is 0 Å². The summed E-state index contributed by atoms with van der Waals surface area (Å²) in [5.74, 6) is -0.108. The van der Waals surface area contributed by atoms with Crippen molar-refractivity contribution in [2.45, 2.75) is 39.2 Å². The average molecular weight is 418 g/mol. The summed E-state index contributed by atoms with van der Waals surface area (Å²) in [4.78, 5) is 27.1. The number of carbonyl (C=O) groups excluding carboxylic acids is 2. The molecule has 3 rings (SSSR count). The number of amides is 1. The van der Waals surface area contributed by atoms with Crippen molar-refractivity contribution in [2.24, 2.45) is 0 Å². The van der Waals surface area contributed by atoms with Gasteiger partial charge in [-0.15, -0.1) is 0 Å². The molecule has 29 heavy (non-hydrogen) atoms.